The number of nitrogens with two attached hydrogens (primary N) is 1. The molecule has 3 nitrogen and oxygen atoms in total. The zero-order valence-corrected chi connectivity index (χ0v) is 10.3. The van der Waals surface area contributed by atoms with Gasteiger partial charge in [-0.15, -0.1) is 0 Å². The van der Waals surface area contributed by atoms with E-state index < -0.39 is 6.10 Å². The highest BCUT2D eigenvalue weighted by Gasteiger charge is 2.23. The smallest absolute Gasteiger partial charge is 0.0853 e. The van der Waals surface area contributed by atoms with E-state index in [1.54, 1.807) is 18.5 Å². The topological polar surface area (TPSA) is 59.1 Å². The Bertz CT molecular complexity index is 346. The molecule has 3 N–H and O–H groups in total. The molecule has 1 aliphatic rings. The Morgan fingerprint density at radius 2 is 1.82 bits per heavy atom. The van der Waals surface area contributed by atoms with Crippen molar-refractivity contribution in [3.63, 3.8) is 0 Å². The van der Waals surface area contributed by atoms with Crippen LogP contribution in [0.5, 0.6) is 0 Å². The first kappa shape index (κ1) is 12.4. The molecule has 0 spiro atoms. The molecule has 0 aromatic carbocycles. The SMILES string of the molecule is Nc1ccncc1C(O)C1CCCCCCC1. The number of pyridine rings is 1. The van der Waals surface area contributed by atoms with Crippen molar-refractivity contribution in [2.24, 2.45) is 5.92 Å². The Hall–Kier alpha value is -1.09. The van der Waals surface area contributed by atoms with Crippen molar-refractivity contribution in [2.45, 2.75) is 51.0 Å². The summed E-state index contributed by atoms with van der Waals surface area (Å²) < 4.78 is 0. The molecule has 0 saturated heterocycles. The normalized spacial score (nSPS) is 20.5. The molecule has 94 valence electrons. The predicted octanol–water partition coefficient (Wildman–Crippen LogP) is 3.06. The molecule has 0 aliphatic heterocycles. The summed E-state index contributed by atoms with van der Waals surface area (Å²) in [5.41, 5.74) is 7.36. The van der Waals surface area contributed by atoms with Crippen LogP contribution >= 0.6 is 0 Å². The molecule has 17 heavy (non-hydrogen) atoms. The third-order valence-corrected chi connectivity index (χ3v) is 3.80. The minimum Gasteiger partial charge on any atom is -0.398 e. The monoisotopic (exact) mass is 234 g/mol. The van der Waals surface area contributed by atoms with Gasteiger partial charge in [0, 0.05) is 23.6 Å². The van der Waals surface area contributed by atoms with E-state index in [0.29, 0.717) is 11.6 Å². The summed E-state index contributed by atoms with van der Waals surface area (Å²) in [7, 11) is 0. The van der Waals surface area contributed by atoms with E-state index in [9.17, 15) is 5.11 Å². The predicted molar refractivity (Wildman–Crippen MR) is 69.4 cm³/mol. The summed E-state index contributed by atoms with van der Waals surface area (Å²) in [5.74, 6) is 0.349. The first-order chi connectivity index (χ1) is 8.29. The molecule has 1 heterocycles. The lowest BCUT2D eigenvalue weighted by Gasteiger charge is -2.25. The second-order valence-electron chi connectivity index (χ2n) is 5.05. The summed E-state index contributed by atoms with van der Waals surface area (Å²) in [6.45, 7) is 0. The van der Waals surface area contributed by atoms with E-state index in [-0.39, 0.29) is 0 Å². The van der Waals surface area contributed by atoms with Crippen molar-refractivity contribution in [3.8, 4) is 0 Å². The van der Waals surface area contributed by atoms with Gasteiger partial charge < -0.3 is 10.8 Å². The van der Waals surface area contributed by atoms with Gasteiger partial charge in [-0.05, 0) is 24.8 Å². The van der Waals surface area contributed by atoms with Crippen molar-refractivity contribution in [3.05, 3.63) is 24.0 Å². The van der Waals surface area contributed by atoms with E-state index in [0.717, 1.165) is 18.4 Å². The number of anilines is 1. The molecule has 0 amide bonds. The van der Waals surface area contributed by atoms with E-state index >= 15 is 0 Å². The fraction of sp³-hybridized carbons (Fsp3) is 0.643. The quantitative estimate of drug-likeness (QED) is 0.826. The summed E-state index contributed by atoms with van der Waals surface area (Å²) in [6.07, 6.45) is 11.5. The molecular weight excluding hydrogens is 212 g/mol. The maximum atomic E-state index is 10.4. The van der Waals surface area contributed by atoms with Gasteiger partial charge in [0.2, 0.25) is 0 Å². The zero-order chi connectivity index (χ0) is 12.1. The number of nitrogen functional groups attached to an aromatic ring is 1. The lowest BCUT2D eigenvalue weighted by molar-refractivity contribution is 0.0916. The van der Waals surface area contributed by atoms with Crippen LogP contribution in [0, 0.1) is 5.92 Å². The molecule has 1 aromatic rings. The molecule has 0 radical (unpaired) electrons. The van der Waals surface area contributed by atoms with Gasteiger partial charge in [0.25, 0.3) is 0 Å². The second kappa shape index (κ2) is 6.01. The summed E-state index contributed by atoms with van der Waals surface area (Å²) in [5, 5.41) is 10.4. The highest BCUT2D eigenvalue weighted by molar-refractivity contribution is 5.45. The average molecular weight is 234 g/mol. The molecular formula is C14H22N2O. The van der Waals surface area contributed by atoms with Gasteiger partial charge in [-0.3, -0.25) is 4.98 Å². The van der Waals surface area contributed by atoms with Gasteiger partial charge in [-0.2, -0.15) is 0 Å². The third kappa shape index (κ3) is 3.19. The van der Waals surface area contributed by atoms with Gasteiger partial charge in [0.15, 0.2) is 0 Å². The molecule has 1 saturated carbocycles. The fourth-order valence-corrected chi connectivity index (χ4v) is 2.72. The zero-order valence-electron chi connectivity index (χ0n) is 10.3. The van der Waals surface area contributed by atoms with E-state index in [1.807, 2.05) is 0 Å². The first-order valence-electron chi connectivity index (χ1n) is 6.66. The lowest BCUT2D eigenvalue weighted by atomic mass is 9.84. The number of aliphatic hydroxyl groups excluding tert-OH is 1. The maximum absolute atomic E-state index is 10.4. The molecule has 1 atom stereocenters. The number of hydrogen-bond acceptors (Lipinski definition) is 3. The van der Waals surface area contributed by atoms with Crippen LogP contribution in [0.3, 0.4) is 0 Å². The van der Waals surface area contributed by atoms with Crippen molar-refractivity contribution in [1.29, 1.82) is 0 Å². The second-order valence-corrected chi connectivity index (χ2v) is 5.05. The van der Waals surface area contributed by atoms with Crippen LogP contribution in [-0.2, 0) is 0 Å². The number of rotatable bonds is 2. The number of nitrogens with zero attached hydrogens (tertiary/aromatic N) is 1. The van der Waals surface area contributed by atoms with Gasteiger partial charge in [0.05, 0.1) is 6.10 Å². The molecule has 1 aromatic heterocycles. The summed E-state index contributed by atoms with van der Waals surface area (Å²) >= 11 is 0. The van der Waals surface area contributed by atoms with Gasteiger partial charge in [0.1, 0.15) is 0 Å². The van der Waals surface area contributed by atoms with Crippen LogP contribution in [0.2, 0.25) is 0 Å². The summed E-state index contributed by atoms with van der Waals surface area (Å²) in [6, 6.07) is 1.77. The minimum atomic E-state index is -0.443. The highest BCUT2D eigenvalue weighted by Crippen LogP contribution is 2.34. The Balaban J connectivity index is 2.07. The van der Waals surface area contributed by atoms with Crippen LogP contribution in [0.25, 0.3) is 0 Å². The molecule has 2 rings (SSSR count). The standard InChI is InChI=1S/C14H22N2O/c15-13-8-9-16-10-12(13)14(17)11-6-4-2-1-3-5-7-11/h8-11,14,17H,1-7H2,(H2,15,16). The molecule has 1 fully saturated rings. The van der Waals surface area contributed by atoms with Crippen molar-refractivity contribution >= 4 is 5.69 Å². The Morgan fingerprint density at radius 3 is 2.47 bits per heavy atom. The van der Waals surface area contributed by atoms with Gasteiger partial charge >= 0.3 is 0 Å². The Kier molecular flexibility index (Phi) is 4.37. The number of hydrogen-bond donors (Lipinski definition) is 2. The van der Waals surface area contributed by atoms with Crippen LogP contribution in [-0.4, -0.2) is 10.1 Å². The van der Waals surface area contributed by atoms with Crippen LogP contribution in [0.15, 0.2) is 18.5 Å². The fourth-order valence-electron chi connectivity index (χ4n) is 2.72. The average Bonchev–Trinajstić information content (AvgIpc) is 2.28. The van der Waals surface area contributed by atoms with Crippen molar-refractivity contribution in [2.75, 3.05) is 5.73 Å². The molecule has 1 aliphatic carbocycles. The van der Waals surface area contributed by atoms with E-state index in [2.05, 4.69) is 4.98 Å². The molecule has 1 unspecified atom stereocenters. The van der Waals surface area contributed by atoms with Crippen LogP contribution < -0.4 is 5.73 Å². The Morgan fingerprint density at radius 1 is 1.18 bits per heavy atom. The maximum Gasteiger partial charge on any atom is 0.0853 e. The number of aliphatic hydroxyl groups is 1. The first-order valence-corrected chi connectivity index (χ1v) is 6.66. The minimum absolute atomic E-state index is 0.349. The van der Waals surface area contributed by atoms with Gasteiger partial charge in [-0.1, -0.05) is 32.1 Å². The van der Waals surface area contributed by atoms with Crippen molar-refractivity contribution in [1.82, 2.24) is 4.98 Å². The van der Waals surface area contributed by atoms with E-state index in [4.69, 9.17) is 5.73 Å². The highest BCUT2D eigenvalue weighted by atomic mass is 16.3. The van der Waals surface area contributed by atoms with Gasteiger partial charge in [-0.25, -0.2) is 0 Å². The number of aromatic nitrogens is 1. The molecule has 0 bridgehead atoms. The summed E-state index contributed by atoms with van der Waals surface area (Å²) in [4.78, 5) is 4.06. The third-order valence-electron chi connectivity index (χ3n) is 3.80. The largest absolute Gasteiger partial charge is 0.398 e. The molecule has 3 heteroatoms. The van der Waals surface area contributed by atoms with Crippen LogP contribution in [0.1, 0.15) is 56.6 Å². The van der Waals surface area contributed by atoms with Crippen LogP contribution in [0.4, 0.5) is 5.69 Å². The van der Waals surface area contributed by atoms with Crippen molar-refractivity contribution < 1.29 is 5.11 Å². The lowest BCUT2D eigenvalue weighted by Crippen LogP contribution is -2.16. The van der Waals surface area contributed by atoms with E-state index in [1.165, 1.54) is 32.1 Å². The Labute approximate surface area is 103 Å².